The van der Waals surface area contributed by atoms with Crippen LogP contribution < -0.4 is 15.4 Å². The van der Waals surface area contributed by atoms with Gasteiger partial charge in [-0.2, -0.15) is 0 Å². The minimum atomic E-state index is -0.312. The molecule has 3 aromatic rings. The number of amides is 1. The maximum absolute atomic E-state index is 12.1. The van der Waals surface area contributed by atoms with Crippen LogP contribution in [0.4, 0.5) is 11.5 Å². The zero-order valence-electron chi connectivity index (χ0n) is 19.4. The summed E-state index contributed by atoms with van der Waals surface area (Å²) in [7, 11) is 0. The highest BCUT2D eigenvalue weighted by Crippen LogP contribution is 2.31. The largest absolute Gasteiger partial charge is 0.484 e. The molecule has 0 saturated carbocycles. The molecular weight excluding hydrogens is 432 g/mol. The minimum Gasteiger partial charge on any atom is -0.484 e. The number of anilines is 2. The number of fused-ring (bicyclic) bond motifs is 2. The number of ether oxygens (including phenoxy) is 2. The summed E-state index contributed by atoms with van der Waals surface area (Å²) in [6.07, 6.45) is 3.62. The predicted molar refractivity (Wildman–Crippen MR) is 128 cm³/mol. The normalized spacial score (nSPS) is 14.0. The van der Waals surface area contributed by atoms with E-state index >= 15 is 0 Å². The minimum absolute atomic E-state index is 0.0684. The van der Waals surface area contributed by atoms with Crippen molar-refractivity contribution < 1.29 is 14.3 Å². The fourth-order valence-corrected chi connectivity index (χ4v) is 3.80. The van der Waals surface area contributed by atoms with E-state index < -0.39 is 0 Å². The Morgan fingerprint density at radius 3 is 2.88 bits per heavy atom. The van der Waals surface area contributed by atoms with E-state index in [0.717, 1.165) is 33.8 Å². The van der Waals surface area contributed by atoms with Crippen LogP contribution in [0.1, 0.15) is 43.3 Å². The summed E-state index contributed by atoms with van der Waals surface area (Å²) in [4.78, 5) is 30.4. The molecule has 9 nitrogen and oxygen atoms in total. The Morgan fingerprint density at radius 2 is 2.03 bits per heavy atom. The van der Waals surface area contributed by atoms with E-state index in [4.69, 9.17) is 19.4 Å². The zero-order chi connectivity index (χ0) is 23.7. The first-order valence-electron chi connectivity index (χ1n) is 11.1. The molecule has 0 radical (unpaired) electrons. The Hall–Kier alpha value is -3.85. The van der Waals surface area contributed by atoms with E-state index in [0.29, 0.717) is 37.2 Å². The van der Waals surface area contributed by atoms with Gasteiger partial charge in [-0.3, -0.25) is 14.8 Å². The van der Waals surface area contributed by atoms with Crippen molar-refractivity contribution in [2.45, 2.75) is 46.1 Å². The molecule has 9 heteroatoms. The molecule has 0 aliphatic carbocycles. The lowest BCUT2D eigenvalue weighted by atomic mass is 10.1. The van der Waals surface area contributed by atoms with Crippen LogP contribution in [-0.2, 0) is 29.3 Å². The summed E-state index contributed by atoms with van der Waals surface area (Å²) in [5, 5.41) is 6.27. The first-order valence-corrected chi connectivity index (χ1v) is 11.1. The summed E-state index contributed by atoms with van der Waals surface area (Å²) >= 11 is 0. The topological polar surface area (TPSA) is 111 Å². The van der Waals surface area contributed by atoms with Crippen molar-refractivity contribution in [2.24, 2.45) is 4.99 Å². The van der Waals surface area contributed by atoms with Crippen LogP contribution >= 0.6 is 0 Å². The van der Waals surface area contributed by atoms with Gasteiger partial charge in [0.1, 0.15) is 11.6 Å². The smallest absolute Gasteiger partial charge is 0.258 e. The molecule has 174 valence electrons. The monoisotopic (exact) mass is 458 g/mol. The van der Waals surface area contributed by atoms with Crippen molar-refractivity contribution in [1.82, 2.24) is 20.3 Å². The molecule has 5 rings (SSSR count). The standard InChI is InChI=1S/C25H26N6O3/c1-25(2,3)31-22(32)14-34-18-6-4-5-15(8-18)23-29-21-13-33-12-19(21)24(30-23)28-17-7-16-9-26-11-20(16)27-10-17/h4-10H,11-14H2,1-3H3,(H,31,32)(H,28,29,30). The van der Waals surface area contributed by atoms with Gasteiger partial charge in [0.25, 0.3) is 5.91 Å². The van der Waals surface area contributed by atoms with E-state index in [2.05, 4.69) is 20.6 Å². The Kier molecular flexibility index (Phi) is 5.70. The first-order chi connectivity index (χ1) is 16.3. The average molecular weight is 459 g/mol. The lowest BCUT2D eigenvalue weighted by molar-refractivity contribution is -0.124. The quantitative estimate of drug-likeness (QED) is 0.581. The molecule has 2 aliphatic rings. The van der Waals surface area contributed by atoms with Crippen molar-refractivity contribution in [3.05, 3.63) is 59.0 Å². The van der Waals surface area contributed by atoms with Gasteiger partial charge in [-0.25, -0.2) is 9.97 Å². The number of hydrogen-bond donors (Lipinski definition) is 2. The number of hydrogen-bond acceptors (Lipinski definition) is 8. The molecule has 2 aromatic heterocycles. The second-order valence-corrected chi connectivity index (χ2v) is 9.28. The molecule has 0 bridgehead atoms. The fourth-order valence-electron chi connectivity index (χ4n) is 3.80. The summed E-state index contributed by atoms with van der Waals surface area (Å²) in [6, 6.07) is 9.42. The molecule has 34 heavy (non-hydrogen) atoms. The van der Waals surface area contributed by atoms with Crippen molar-refractivity contribution in [3.63, 3.8) is 0 Å². The summed E-state index contributed by atoms with van der Waals surface area (Å²) < 4.78 is 11.3. The number of carbonyl (C=O) groups excluding carboxylic acids is 1. The van der Waals surface area contributed by atoms with Crippen LogP contribution in [0.15, 0.2) is 41.5 Å². The van der Waals surface area contributed by atoms with Gasteiger partial charge in [-0.15, -0.1) is 0 Å². The molecule has 0 saturated heterocycles. The van der Waals surface area contributed by atoms with Gasteiger partial charge in [-0.05, 0) is 39.0 Å². The SMILES string of the molecule is CC(C)(C)NC(=O)COc1cccc(-c2nc3c(c(Nc4cnc5c(c4)C=NC5)n2)COC3)c1. The highest BCUT2D eigenvalue weighted by atomic mass is 16.5. The average Bonchev–Trinajstić information content (AvgIpc) is 3.46. The molecule has 2 N–H and O–H groups in total. The molecular formula is C25H26N6O3. The van der Waals surface area contributed by atoms with Gasteiger partial charge in [0.05, 0.1) is 43.0 Å². The van der Waals surface area contributed by atoms with Gasteiger partial charge in [0, 0.05) is 28.4 Å². The molecule has 0 unspecified atom stereocenters. The first kappa shape index (κ1) is 22.0. The van der Waals surface area contributed by atoms with Crippen LogP contribution in [0.2, 0.25) is 0 Å². The highest BCUT2D eigenvalue weighted by Gasteiger charge is 2.22. The highest BCUT2D eigenvalue weighted by molar-refractivity contribution is 5.85. The second-order valence-electron chi connectivity index (χ2n) is 9.28. The van der Waals surface area contributed by atoms with E-state index in [9.17, 15) is 4.79 Å². The van der Waals surface area contributed by atoms with Crippen molar-refractivity contribution in [1.29, 1.82) is 0 Å². The van der Waals surface area contributed by atoms with Crippen molar-refractivity contribution in [2.75, 3.05) is 11.9 Å². The third kappa shape index (κ3) is 4.89. The van der Waals surface area contributed by atoms with Crippen LogP contribution in [0.5, 0.6) is 5.75 Å². The van der Waals surface area contributed by atoms with Crippen LogP contribution in [0.3, 0.4) is 0 Å². The van der Waals surface area contributed by atoms with Crippen LogP contribution in [0.25, 0.3) is 11.4 Å². The number of aliphatic imine (C=N–C) groups is 1. The Morgan fingerprint density at radius 1 is 1.15 bits per heavy atom. The van der Waals surface area contributed by atoms with Crippen molar-refractivity contribution >= 4 is 23.6 Å². The predicted octanol–water partition coefficient (Wildman–Crippen LogP) is 3.54. The maximum Gasteiger partial charge on any atom is 0.258 e. The third-order valence-corrected chi connectivity index (χ3v) is 5.29. The van der Waals surface area contributed by atoms with E-state index in [1.165, 1.54) is 0 Å². The van der Waals surface area contributed by atoms with E-state index in [1.54, 1.807) is 12.3 Å². The summed E-state index contributed by atoms with van der Waals surface area (Å²) in [5.41, 5.74) is 5.05. The van der Waals surface area contributed by atoms with E-state index in [-0.39, 0.29) is 18.1 Å². The molecule has 0 spiro atoms. The number of carbonyl (C=O) groups is 1. The number of nitrogens with one attached hydrogen (secondary N) is 2. The van der Waals surface area contributed by atoms with Crippen LogP contribution in [0, 0.1) is 0 Å². The number of nitrogens with zero attached hydrogens (tertiary/aromatic N) is 4. The molecule has 1 aromatic carbocycles. The second kappa shape index (κ2) is 8.83. The number of aromatic nitrogens is 3. The molecule has 1 amide bonds. The van der Waals surface area contributed by atoms with Gasteiger partial charge >= 0.3 is 0 Å². The molecule has 0 atom stereocenters. The lowest BCUT2D eigenvalue weighted by Gasteiger charge is -2.20. The van der Waals surface area contributed by atoms with Gasteiger partial charge in [0.2, 0.25) is 0 Å². The Balaban J connectivity index is 1.39. The van der Waals surface area contributed by atoms with Gasteiger partial charge in [-0.1, -0.05) is 12.1 Å². The zero-order valence-corrected chi connectivity index (χ0v) is 19.4. The number of benzene rings is 1. The third-order valence-electron chi connectivity index (χ3n) is 5.29. The fraction of sp³-hybridized carbons (Fsp3) is 0.320. The molecule has 0 fully saturated rings. The maximum atomic E-state index is 12.1. The number of rotatable bonds is 6. The summed E-state index contributed by atoms with van der Waals surface area (Å²) in [5.74, 6) is 1.62. The Bertz CT molecular complexity index is 1280. The number of pyridine rings is 1. The van der Waals surface area contributed by atoms with Crippen LogP contribution in [-0.4, -0.2) is 39.2 Å². The Labute approximate surface area is 197 Å². The van der Waals surface area contributed by atoms with Crippen molar-refractivity contribution in [3.8, 4) is 17.1 Å². The molecule has 4 heterocycles. The molecule has 2 aliphatic heterocycles. The van der Waals surface area contributed by atoms with E-state index in [1.807, 2.05) is 51.3 Å². The lowest BCUT2D eigenvalue weighted by Crippen LogP contribution is -2.43. The summed E-state index contributed by atoms with van der Waals surface area (Å²) in [6.45, 7) is 7.21. The van der Waals surface area contributed by atoms with Gasteiger partial charge < -0.3 is 20.1 Å². The van der Waals surface area contributed by atoms with Gasteiger partial charge in [0.15, 0.2) is 12.4 Å².